The first-order valence-electron chi connectivity index (χ1n) is 36.6. The van der Waals surface area contributed by atoms with Gasteiger partial charge in [0.25, 0.3) is 6.71 Å². The average Bonchev–Trinajstić information content (AvgIpc) is 1.12. The third kappa shape index (κ3) is 7.86. The van der Waals surface area contributed by atoms with Crippen molar-refractivity contribution in [2.45, 2.75) is 5.41 Å². The summed E-state index contributed by atoms with van der Waals surface area (Å²) < 4.78 is 84.7. The smallest absolute Gasteiger partial charge is 0.252 e. The third-order valence-corrected chi connectivity index (χ3v) is 20.3. The van der Waals surface area contributed by atoms with Crippen LogP contribution >= 0.6 is 0 Å². The molecule has 1 aliphatic carbocycles. The first-order valence-corrected chi connectivity index (χ1v) is 32.6. The molecule has 3 aliphatic heterocycles. The second-order valence-electron chi connectivity index (χ2n) is 25.1. The zero-order valence-corrected chi connectivity index (χ0v) is 51.7. The normalized spacial score (nSPS) is 14.5. The van der Waals surface area contributed by atoms with Gasteiger partial charge < -0.3 is 19.1 Å². The van der Waals surface area contributed by atoms with Crippen LogP contribution in [-0.2, 0) is 5.41 Å². The monoisotopic (exact) mass is 1230 g/mol. The number of ether oxygens (including phenoxy) is 1. The van der Waals surface area contributed by atoms with E-state index in [1.54, 1.807) is 4.57 Å². The van der Waals surface area contributed by atoms with Crippen LogP contribution in [0.25, 0.3) is 94.3 Å². The van der Waals surface area contributed by atoms with Gasteiger partial charge in [0.2, 0.25) is 0 Å². The molecule has 0 saturated carbocycles. The summed E-state index contributed by atoms with van der Waals surface area (Å²) >= 11 is 0. The van der Waals surface area contributed by atoms with Crippen molar-refractivity contribution >= 4 is 79.0 Å². The highest BCUT2D eigenvalue weighted by molar-refractivity contribution is 7.00. The molecule has 15 aromatic carbocycles. The van der Waals surface area contributed by atoms with Crippen LogP contribution in [0.4, 0.5) is 34.1 Å². The van der Waals surface area contributed by atoms with E-state index < -0.39 is 48.4 Å². The molecular weight excluding hydrogens is 1160 g/mol. The van der Waals surface area contributed by atoms with Crippen LogP contribution in [0, 0.1) is 0 Å². The van der Waals surface area contributed by atoms with E-state index in [9.17, 15) is 8.22 Å². The Hall–Kier alpha value is -12.4. The van der Waals surface area contributed by atoms with Gasteiger partial charge in [-0.1, -0.05) is 303 Å². The topological polar surface area (TPSA) is 20.6 Å². The molecule has 0 saturated heterocycles. The lowest BCUT2D eigenvalue weighted by Gasteiger charge is -2.47. The molecule has 0 amide bonds. The highest BCUT2D eigenvalue weighted by Crippen LogP contribution is 2.63. The van der Waals surface area contributed by atoms with Crippen molar-refractivity contribution in [3.8, 4) is 83.9 Å². The number of fused-ring (bicyclic) bond motifs is 16. The van der Waals surface area contributed by atoms with Gasteiger partial charge in [0, 0.05) is 78.7 Å². The minimum absolute atomic E-state index is 0.000338. The van der Waals surface area contributed by atoms with Crippen LogP contribution in [0.3, 0.4) is 0 Å². The summed E-state index contributed by atoms with van der Waals surface area (Å²) in [6, 6.07) is 104. The fourth-order valence-electron chi connectivity index (χ4n) is 16.4. The largest absolute Gasteiger partial charge is 0.457 e. The fourth-order valence-corrected chi connectivity index (χ4v) is 16.4. The van der Waals surface area contributed by atoms with Crippen molar-refractivity contribution in [3.63, 3.8) is 0 Å². The molecular formula is C91H58BN3O. The molecule has 0 N–H and O–H groups in total. The molecule has 96 heavy (non-hydrogen) atoms. The first-order chi connectivity index (χ1) is 51.0. The van der Waals surface area contributed by atoms with Crippen LogP contribution < -0.4 is 30.9 Å². The number of rotatable bonds is 8. The number of hydrogen-bond donors (Lipinski definition) is 0. The van der Waals surface area contributed by atoms with E-state index in [1.165, 1.54) is 0 Å². The maximum absolute atomic E-state index is 9.84. The summed E-state index contributed by atoms with van der Waals surface area (Å²) in [5.74, 6) is 1.47. The molecule has 1 spiro atoms. The standard InChI is InChI=1S/C91H58BN3O/c1-6-28-59(29-7-1)64-54-84-88-85(55-64)95(90-68(62-34-12-4-13-35-62)44-27-45-69(90)63-36-14-5-15-37-63)83-58-87-77(91(76-48-22-25-51-86(76)96-87)74-46-20-16-38-70(74)71-39-17-21-47-75(71)91)57-79(83)92(88)78-53-52-65(93-80-49-23-18-40-72(80)73-41-19-24-50-81(73)93)56-82(78)94(84)89-66(60-30-8-2-9-31-60)42-26-43-67(89)61-32-10-3-11-33-61/h1-58H/i18D,19D,23D,24D,40D,41D,49D,50D. The molecule has 16 aromatic rings. The van der Waals surface area contributed by atoms with Crippen molar-refractivity contribution in [3.05, 3.63) is 374 Å². The van der Waals surface area contributed by atoms with Gasteiger partial charge >= 0.3 is 0 Å². The molecule has 20 rings (SSSR count). The molecule has 0 radical (unpaired) electrons. The molecule has 446 valence electrons. The molecule has 4 aliphatic rings. The van der Waals surface area contributed by atoms with Gasteiger partial charge in [-0.05, 0) is 114 Å². The van der Waals surface area contributed by atoms with Crippen LogP contribution in [0.1, 0.15) is 33.2 Å². The Morgan fingerprint density at radius 1 is 0.302 bits per heavy atom. The number of hydrogen-bond acceptors (Lipinski definition) is 3. The first kappa shape index (κ1) is 46.6. The van der Waals surface area contributed by atoms with Crippen LogP contribution in [0.2, 0.25) is 0 Å². The van der Waals surface area contributed by atoms with Gasteiger partial charge in [0.1, 0.15) is 11.5 Å². The summed E-state index contributed by atoms with van der Waals surface area (Å²) in [5, 5.41) is 0.000675. The molecule has 5 heteroatoms. The maximum atomic E-state index is 9.84. The minimum atomic E-state index is -0.877. The average molecular weight is 1230 g/mol. The zero-order chi connectivity index (χ0) is 70.0. The van der Waals surface area contributed by atoms with Crippen LogP contribution in [-0.4, -0.2) is 11.3 Å². The van der Waals surface area contributed by atoms with Crippen LogP contribution in [0.5, 0.6) is 11.5 Å². The Morgan fingerprint density at radius 3 is 1.22 bits per heavy atom. The Bertz CT molecular complexity index is 6090. The maximum Gasteiger partial charge on any atom is 0.252 e. The quantitative estimate of drug-likeness (QED) is 0.141. The molecule has 0 bridgehead atoms. The lowest BCUT2D eigenvalue weighted by atomic mass is 9.33. The number of anilines is 6. The Kier molecular flexibility index (Phi) is 10.3. The van der Waals surface area contributed by atoms with E-state index in [1.807, 2.05) is 24.3 Å². The summed E-state index contributed by atoms with van der Waals surface area (Å²) in [6.45, 7) is -0.580. The second-order valence-corrected chi connectivity index (χ2v) is 25.1. The molecule has 4 nitrogen and oxygen atoms in total. The Balaban J connectivity index is 0.999. The number of benzene rings is 15. The van der Waals surface area contributed by atoms with Gasteiger partial charge in [-0.3, -0.25) is 0 Å². The molecule has 1 aromatic heterocycles. The van der Waals surface area contributed by atoms with E-state index in [4.69, 9.17) is 7.48 Å². The lowest BCUT2D eigenvalue weighted by Crippen LogP contribution is -2.61. The number of para-hydroxylation sites is 5. The van der Waals surface area contributed by atoms with Gasteiger partial charge in [-0.25, -0.2) is 0 Å². The van der Waals surface area contributed by atoms with Crippen molar-refractivity contribution < 1.29 is 15.7 Å². The van der Waals surface area contributed by atoms with Crippen molar-refractivity contribution in [1.82, 2.24) is 4.57 Å². The summed E-state index contributed by atoms with van der Waals surface area (Å²) in [5.41, 5.74) is 24.1. The predicted molar refractivity (Wildman–Crippen MR) is 399 cm³/mol. The Labute approximate surface area is 569 Å². The molecule has 0 fully saturated rings. The van der Waals surface area contributed by atoms with Gasteiger partial charge in [0.15, 0.2) is 0 Å². The third-order valence-electron chi connectivity index (χ3n) is 20.3. The van der Waals surface area contributed by atoms with Gasteiger partial charge in [-0.15, -0.1) is 0 Å². The van der Waals surface area contributed by atoms with E-state index in [0.29, 0.717) is 11.4 Å². The molecule has 0 atom stereocenters. The SMILES string of the molecule is [2H]c1c([2H])c([2H])c2c(c1[2H])c1c([2H])c([2H])c([2H])c([2H])c1n2-c1ccc2c(c1)N(c1c(-c3ccccc3)cccc1-c1ccccc1)c1cc(-c3ccccc3)cc3c1B2c1cc2c(cc1N3c1c(-c3ccccc3)cccc1-c1ccccc1)Oc1ccccc1C21c2ccccc2-c2ccccc21. The highest BCUT2D eigenvalue weighted by atomic mass is 16.5. The van der Waals surface area contributed by atoms with Crippen molar-refractivity contribution in [2.75, 3.05) is 9.80 Å². The fraction of sp³-hybridized carbons (Fsp3) is 0.0110. The Morgan fingerprint density at radius 2 is 0.719 bits per heavy atom. The van der Waals surface area contributed by atoms with Crippen molar-refractivity contribution in [2.24, 2.45) is 0 Å². The summed E-state index contributed by atoms with van der Waals surface area (Å²) in [4.78, 5) is 4.93. The summed E-state index contributed by atoms with van der Waals surface area (Å²) in [7, 11) is 0. The van der Waals surface area contributed by atoms with E-state index >= 15 is 0 Å². The number of nitrogens with zero attached hydrogens (tertiary/aromatic N) is 3. The minimum Gasteiger partial charge on any atom is -0.457 e. The van der Waals surface area contributed by atoms with Gasteiger partial charge in [0.05, 0.1) is 38.8 Å². The summed E-state index contributed by atoms with van der Waals surface area (Å²) in [6.07, 6.45) is 0. The van der Waals surface area contributed by atoms with Crippen LogP contribution in [0.15, 0.2) is 352 Å². The van der Waals surface area contributed by atoms with Crippen molar-refractivity contribution in [1.29, 1.82) is 0 Å². The van der Waals surface area contributed by atoms with E-state index in [2.05, 4.69) is 289 Å². The second kappa shape index (κ2) is 21.3. The zero-order valence-electron chi connectivity index (χ0n) is 59.7. The number of aromatic nitrogens is 1. The predicted octanol–water partition coefficient (Wildman–Crippen LogP) is 21.7. The van der Waals surface area contributed by atoms with Gasteiger partial charge in [-0.2, -0.15) is 0 Å². The van der Waals surface area contributed by atoms with E-state index in [0.717, 1.165) is 145 Å². The molecule has 4 heterocycles. The van der Waals surface area contributed by atoms with E-state index in [-0.39, 0.29) is 33.9 Å². The highest BCUT2D eigenvalue weighted by Gasteiger charge is 2.53. The lowest BCUT2D eigenvalue weighted by molar-refractivity contribution is 0.437. The molecule has 0 unspecified atom stereocenters.